The first kappa shape index (κ1) is 17.6. The molecule has 0 aliphatic carbocycles. The molecule has 26 heavy (non-hydrogen) atoms. The minimum Gasteiger partial charge on any atom is -0.465 e. The predicted molar refractivity (Wildman–Crippen MR) is 99.9 cm³/mol. The summed E-state index contributed by atoms with van der Waals surface area (Å²) in [5, 5.41) is 4.82. The third kappa shape index (κ3) is 3.70. The smallest absolute Gasteiger partial charge is 0.340 e. The lowest BCUT2D eigenvalue weighted by Crippen LogP contribution is -2.14. The van der Waals surface area contributed by atoms with Crippen LogP contribution in [0.5, 0.6) is 0 Å². The highest BCUT2D eigenvalue weighted by Crippen LogP contribution is 2.24. The van der Waals surface area contributed by atoms with Crippen LogP contribution in [0, 0.1) is 0 Å². The van der Waals surface area contributed by atoms with E-state index in [4.69, 9.17) is 0 Å². The molecular weight excluding hydrogens is 350 g/mol. The summed E-state index contributed by atoms with van der Waals surface area (Å²) in [5.41, 5.74) is 1.78. The van der Waals surface area contributed by atoms with E-state index in [9.17, 15) is 14.4 Å². The fourth-order valence-corrected chi connectivity index (χ4v) is 3.15. The van der Waals surface area contributed by atoms with E-state index in [-0.39, 0.29) is 11.7 Å². The third-order valence-electron chi connectivity index (χ3n) is 3.74. The van der Waals surface area contributed by atoms with Gasteiger partial charge in [-0.05, 0) is 23.6 Å². The van der Waals surface area contributed by atoms with Gasteiger partial charge in [0.25, 0.3) is 5.91 Å². The zero-order valence-corrected chi connectivity index (χ0v) is 14.7. The molecule has 1 N–H and O–H groups in total. The predicted octanol–water partition coefficient (Wildman–Crippen LogP) is 4.02. The molecule has 0 spiro atoms. The first-order valence-electron chi connectivity index (χ1n) is 7.77. The number of anilines is 1. The average Bonchev–Trinajstić information content (AvgIpc) is 3.15. The first-order chi connectivity index (χ1) is 12.6. The summed E-state index contributed by atoms with van der Waals surface area (Å²) >= 11 is 1.23. The first-order valence-corrected chi connectivity index (χ1v) is 8.65. The molecule has 0 atom stereocenters. The van der Waals surface area contributed by atoms with Crippen LogP contribution in [0.25, 0.3) is 0 Å². The molecule has 0 saturated carbocycles. The van der Waals surface area contributed by atoms with Crippen LogP contribution in [-0.2, 0) is 4.74 Å². The molecule has 0 aliphatic rings. The molecular formula is C20H15NO4S. The van der Waals surface area contributed by atoms with Gasteiger partial charge >= 0.3 is 5.97 Å². The van der Waals surface area contributed by atoms with Crippen molar-refractivity contribution in [3.63, 3.8) is 0 Å². The second-order valence-corrected chi connectivity index (χ2v) is 6.30. The van der Waals surface area contributed by atoms with Crippen LogP contribution in [0.4, 0.5) is 5.00 Å². The molecule has 2 aromatic carbocycles. The van der Waals surface area contributed by atoms with Gasteiger partial charge in [-0.15, -0.1) is 11.3 Å². The number of methoxy groups -OCH3 is 1. The fourth-order valence-electron chi connectivity index (χ4n) is 2.38. The summed E-state index contributed by atoms with van der Waals surface area (Å²) < 4.78 is 4.69. The maximum atomic E-state index is 12.4. The number of esters is 1. The second-order valence-electron chi connectivity index (χ2n) is 5.38. The Morgan fingerprint density at radius 3 is 2.12 bits per heavy atom. The fraction of sp³-hybridized carbons (Fsp3) is 0.0500. The number of carbonyl (C=O) groups excluding carboxylic acids is 3. The molecule has 0 bridgehead atoms. The Kier molecular flexibility index (Phi) is 5.24. The Morgan fingerprint density at radius 1 is 0.846 bits per heavy atom. The van der Waals surface area contributed by atoms with E-state index in [0.717, 1.165) is 0 Å². The summed E-state index contributed by atoms with van der Waals surface area (Å²) in [6.07, 6.45) is 0. The van der Waals surface area contributed by atoms with Crippen LogP contribution in [0.2, 0.25) is 0 Å². The lowest BCUT2D eigenvalue weighted by molar-refractivity contribution is 0.0602. The number of benzene rings is 2. The Bertz CT molecular complexity index is 945. The molecule has 3 aromatic rings. The Hall–Kier alpha value is -3.25. The van der Waals surface area contributed by atoms with Gasteiger partial charge in [-0.3, -0.25) is 9.59 Å². The van der Waals surface area contributed by atoms with Gasteiger partial charge in [-0.1, -0.05) is 42.5 Å². The summed E-state index contributed by atoms with van der Waals surface area (Å²) in [7, 11) is 1.29. The Morgan fingerprint density at radius 2 is 1.46 bits per heavy atom. The molecule has 3 rings (SSSR count). The second kappa shape index (κ2) is 7.76. The van der Waals surface area contributed by atoms with Crippen molar-refractivity contribution in [3.8, 4) is 0 Å². The quantitative estimate of drug-likeness (QED) is 0.547. The van der Waals surface area contributed by atoms with Crippen molar-refractivity contribution in [3.05, 3.63) is 88.3 Å². The van der Waals surface area contributed by atoms with Crippen LogP contribution in [-0.4, -0.2) is 24.8 Å². The molecule has 0 fully saturated rings. The van der Waals surface area contributed by atoms with E-state index in [2.05, 4.69) is 10.1 Å². The molecule has 6 heteroatoms. The average molecular weight is 365 g/mol. The number of ketones is 1. The van der Waals surface area contributed by atoms with Gasteiger partial charge in [-0.2, -0.15) is 0 Å². The van der Waals surface area contributed by atoms with Gasteiger partial charge < -0.3 is 10.1 Å². The summed E-state index contributed by atoms with van der Waals surface area (Å²) in [4.78, 5) is 36.4. The van der Waals surface area contributed by atoms with Gasteiger partial charge in [0.2, 0.25) is 0 Å². The lowest BCUT2D eigenvalue weighted by atomic mass is 10.0. The standard InChI is InChI=1S/C20H15NO4S/c1-25-20(24)16-11-12-26-19(16)21-18(23)15-9-7-14(8-10-15)17(22)13-5-3-2-4-6-13/h2-12H,1H3,(H,21,23). The molecule has 0 saturated heterocycles. The number of ether oxygens (including phenoxy) is 1. The molecule has 0 unspecified atom stereocenters. The van der Waals surface area contributed by atoms with Gasteiger partial charge in [0.1, 0.15) is 5.00 Å². The monoisotopic (exact) mass is 365 g/mol. The van der Waals surface area contributed by atoms with E-state index in [1.165, 1.54) is 18.4 Å². The van der Waals surface area contributed by atoms with E-state index >= 15 is 0 Å². The minimum atomic E-state index is -0.509. The number of carbonyl (C=O) groups is 3. The van der Waals surface area contributed by atoms with Crippen LogP contribution in [0.3, 0.4) is 0 Å². The van der Waals surface area contributed by atoms with Crippen molar-refractivity contribution in [1.29, 1.82) is 0 Å². The van der Waals surface area contributed by atoms with Gasteiger partial charge in [-0.25, -0.2) is 4.79 Å². The maximum Gasteiger partial charge on any atom is 0.340 e. The highest BCUT2D eigenvalue weighted by molar-refractivity contribution is 7.14. The van der Waals surface area contributed by atoms with E-state index in [1.54, 1.807) is 60.0 Å². The van der Waals surface area contributed by atoms with Gasteiger partial charge in [0.15, 0.2) is 5.78 Å². The van der Waals surface area contributed by atoms with Gasteiger partial charge in [0.05, 0.1) is 12.7 Å². The molecule has 0 radical (unpaired) electrons. The zero-order chi connectivity index (χ0) is 18.5. The van der Waals surface area contributed by atoms with E-state index in [1.807, 2.05) is 6.07 Å². The molecule has 1 amide bonds. The van der Waals surface area contributed by atoms with Crippen LogP contribution in [0.1, 0.15) is 36.6 Å². The summed E-state index contributed by atoms with van der Waals surface area (Å²) in [6.45, 7) is 0. The zero-order valence-electron chi connectivity index (χ0n) is 13.9. The molecule has 5 nitrogen and oxygen atoms in total. The van der Waals surface area contributed by atoms with Crippen LogP contribution in [0.15, 0.2) is 66.0 Å². The van der Waals surface area contributed by atoms with Crippen molar-refractivity contribution in [1.82, 2.24) is 0 Å². The normalized spacial score (nSPS) is 10.2. The third-order valence-corrected chi connectivity index (χ3v) is 4.57. The van der Waals surface area contributed by atoms with Crippen LogP contribution < -0.4 is 5.32 Å². The SMILES string of the molecule is COC(=O)c1ccsc1NC(=O)c1ccc(C(=O)c2ccccc2)cc1. The van der Waals surface area contributed by atoms with E-state index < -0.39 is 5.97 Å². The number of hydrogen-bond acceptors (Lipinski definition) is 5. The number of hydrogen-bond donors (Lipinski definition) is 1. The molecule has 130 valence electrons. The topological polar surface area (TPSA) is 72.5 Å². The number of amides is 1. The van der Waals surface area contributed by atoms with Crippen LogP contribution >= 0.6 is 11.3 Å². The summed E-state index contributed by atoms with van der Waals surface area (Å²) in [6, 6.07) is 16.9. The number of rotatable bonds is 5. The van der Waals surface area contributed by atoms with Crippen molar-refractivity contribution in [2.24, 2.45) is 0 Å². The van der Waals surface area contributed by atoms with Crippen molar-refractivity contribution in [2.45, 2.75) is 0 Å². The lowest BCUT2D eigenvalue weighted by Gasteiger charge is -2.06. The maximum absolute atomic E-state index is 12.4. The highest BCUT2D eigenvalue weighted by atomic mass is 32.1. The summed E-state index contributed by atoms with van der Waals surface area (Å²) in [5.74, 6) is -0.981. The van der Waals surface area contributed by atoms with Gasteiger partial charge in [0, 0.05) is 16.7 Å². The van der Waals surface area contributed by atoms with Crippen molar-refractivity contribution < 1.29 is 19.1 Å². The van der Waals surface area contributed by atoms with E-state index in [0.29, 0.717) is 27.3 Å². The molecule has 1 heterocycles. The van der Waals surface area contributed by atoms with Crippen molar-refractivity contribution in [2.75, 3.05) is 12.4 Å². The largest absolute Gasteiger partial charge is 0.465 e. The Labute approximate surface area is 154 Å². The molecule has 0 aliphatic heterocycles. The number of thiophene rings is 1. The minimum absolute atomic E-state index is 0.108. The Balaban J connectivity index is 1.75. The number of nitrogens with one attached hydrogen (secondary N) is 1. The van der Waals surface area contributed by atoms with Crippen molar-refractivity contribution >= 4 is 34.0 Å². The highest BCUT2D eigenvalue weighted by Gasteiger charge is 2.16. The molecule has 1 aromatic heterocycles.